The minimum atomic E-state index is -0.296. The van der Waals surface area contributed by atoms with Gasteiger partial charge in [-0.05, 0) is 56.9 Å². The van der Waals surface area contributed by atoms with Crippen molar-refractivity contribution in [1.29, 1.82) is 0 Å². The van der Waals surface area contributed by atoms with Crippen LogP contribution in [-0.2, 0) is 4.74 Å². The highest BCUT2D eigenvalue weighted by Crippen LogP contribution is 2.17. The van der Waals surface area contributed by atoms with Gasteiger partial charge in [-0.15, -0.1) is 0 Å². The number of piperidine rings is 1. The van der Waals surface area contributed by atoms with Gasteiger partial charge in [0.15, 0.2) is 0 Å². The average molecular weight is 397 g/mol. The minimum absolute atomic E-state index is 0.199. The van der Waals surface area contributed by atoms with Crippen LogP contribution in [0.25, 0.3) is 0 Å². The predicted molar refractivity (Wildman–Crippen MR) is 111 cm³/mol. The molecular weight excluding hydrogens is 370 g/mol. The summed E-state index contributed by atoms with van der Waals surface area (Å²) in [7, 11) is 0. The van der Waals surface area contributed by atoms with Crippen molar-refractivity contribution < 1.29 is 14.3 Å². The first-order chi connectivity index (χ1) is 14.0. The van der Waals surface area contributed by atoms with E-state index < -0.39 is 0 Å². The van der Waals surface area contributed by atoms with Crippen LogP contribution in [0.5, 0.6) is 0 Å². The Kier molecular flexibility index (Phi) is 6.64. The van der Waals surface area contributed by atoms with Crippen LogP contribution in [0.2, 0.25) is 0 Å². The van der Waals surface area contributed by atoms with Gasteiger partial charge < -0.3 is 20.3 Å². The largest absolute Gasteiger partial charge is 0.450 e. The number of aryl methyl sites for hydroxylation is 2. The lowest BCUT2D eigenvalue weighted by Gasteiger charge is -2.31. The van der Waals surface area contributed by atoms with Crippen LogP contribution in [0, 0.1) is 13.8 Å². The van der Waals surface area contributed by atoms with Crippen LogP contribution in [0.15, 0.2) is 30.6 Å². The van der Waals surface area contributed by atoms with E-state index in [9.17, 15) is 9.59 Å². The number of anilines is 2. The zero-order valence-electron chi connectivity index (χ0n) is 17.1. The molecule has 2 amide bonds. The highest BCUT2D eigenvalue weighted by atomic mass is 16.6. The molecule has 0 saturated carbocycles. The molecule has 0 atom stereocenters. The predicted octanol–water partition coefficient (Wildman–Crippen LogP) is 3.38. The van der Waals surface area contributed by atoms with E-state index in [1.165, 1.54) is 11.8 Å². The number of likely N-dealkylation sites (tertiary alicyclic amines) is 1. The molecule has 2 aromatic rings. The number of nitrogens with one attached hydrogen (secondary N) is 2. The van der Waals surface area contributed by atoms with Gasteiger partial charge in [0.05, 0.1) is 19.0 Å². The molecule has 0 aliphatic carbocycles. The second-order valence-electron chi connectivity index (χ2n) is 7.14. The number of rotatable bonds is 5. The van der Waals surface area contributed by atoms with Gasteiger partial charge in [0, 0.05) is 24.8 Å². The number of carbonyl (C=O) groups is 2. The second-order valence-corrected chi connectivity index (χ2v) is 7.14. The number of ether oxygens (including phenoxy) is 1. The molecule has 1 aromatic heterocycles. The molecule has 1 aliphatic rings. The lowest BCUT2D eigenvalue weighted by molar-refractivity contribution is 0.0982. The van der Waals surface area contributed by atoms with Gasteiger partial charge in [-0.25, -0.2) is 14.8 Å². The van der Waals surface area contributed by atoms with Gasteiger partial charge in [0.2, 0.25) is 0 Å². The summed E-state index contributed by atoms with van der Waals surface area (Å²) < 4.78 is 5.03. The lowest BCUT2D eigenvalue weighted by atomic mass is 10.1. The van der Waals surface area contributed by atoms with Crippen LogP contribution in [0.1, 0.15) is 41.4 Å². The van der Waals surface area contributed by atoms with Crippen LogP contribution < -0.4 is 10.6 Å². The summed E-state index contributed by atoms with van der Waals surface area (Å²) in [5.74, 6) is 0.317. The Hall–Kier alpha value is -3.16. The van der Waals surface area contributed by atoms with E-state index in [2.05, 4.69) is 20.6 Å². The molecule has 1 aliphatic heterocycles. The molecule has 29 heavy (non-hydrogen) atoms. The smallest absolute Gasteiger partial charge is 0.409 e. The normalized spacial score (nSPS) is 14.4. The third kappa shape index (κ3) is 5.43. The molecule has 2 heterocycles. The maximum Gasteiger partial charge on any atom is 0.409 e. The van der Waals surface area contributed by atoms with Gasteiger partial charge in [-0.2, -0.15) is 0 Å². The van der Waals surface area contributed by atoms with Crippen molar-refractivity contribution in [2.45, 2.75) is 39.7 Å². The Balaban J connectivity index is 1.52. The fourth-order valence-corrected chi connectivity index (χ4v) is 3.16. The third-order valence-corrected chi connectivity index (χ3v) is 5.02. The van der Waals surface area contributed by atoms with Gasteiger partial charge in [-0.3, -0.25) is 4.79 Å². The highest BCUT2D eigenvalue weighted by Gasteiger charge is 2.23. The average Bonchev–Trinajstić information content (AvgIpc) is 2.72. The molecule has 0 unspecified atom stereocenters. The molecular formula is C21H27N5O3. The summed E-state index contributed by atoms with van der Waals surface area (Å²) in [6.45, 7) is 7.49. The van der Waals surface area contributed by atoms with Crippen molar-refractivity contribution in [3.05, 3.63) is 47.4 Å². The summed E-state index contributed by atoms with van der Waals surface area (Å²) in [5.41, 5.74) is 3.27. The zero-order valence-corrected chi connectivity index (χ0v) is 17.1. The van der Waals surface area contributed by atoms with E-state index in [0.29, 0.717) is 25.5 Å². The fourth-order valence-electron chi connectivity index (χ4n) is 3.16. The molecule has 8 nitrogen and oxygen atoms in total. The maximum absolute atomic E-state index is 12.4. The molecule has 0 bridgehead atoms. The van der Waals surface area contributed by atoms with Crippen molar-refractivity contribution in [1.82, 2.24) is 14.9 Å². The first-order valence-electron chi connectivity index (χ1n) is 9.85. The summed E-state index contributed by atoms with van der Waals surface area (Å²) in [4.78, 5) is 34.4. The Morgan fingerprint density at radius 1 is 1.14 bits per heavy atom. The molecule has 2 N–H and O–H groups in total. The van der Waals surface area contributed by atoms with Crippen molar-refractivity contribution >= 4 is 23.5 Å². The fraction of sp³-hybridized carbons (Fsp3) is 0.429. The standard InChI is InChI=1S/C21H27N5O3/c1-4-29-21(28)26-9-7-16(8-10-26)24-19-13-22-18(12-23-19)20(27)25-17-6-5-14(2)15(3)11-17/h5-6,11-13,16H,4,7-10H2,1-3H3,(H,23,24)(H,25,27). The summed E-state index contributed by atoms with van der Waals surface area (Å²) in [6, 6.07) is 5.97. The van der Waals surface area contributed by atoms with Crippen molar-refractivity contribution in [2.24, 2.45) is 0 Å². The zero-order chi connectivity index (χ0) is 20.8. The van der Waals surface area contributed by atoms with E-state index in [-0.39, 0.29) is 23.7 Å². The summed E-state index contributed by atoms with van der Waals surface area (Å²) in [5, 5.41) is 6.16. The van der Waals surface area contributed by atoms with E-state index in [1.807, 2.05) is 32.0 Å². The summed E-state index contributed by atoms with van der Waals surface area (Å²) in [6.07, 6.45) is 4.37. The second kappa shape index (κ2) is 9.36. The first kappa shape index (κ1) is 20.6. The van der Waals surface area contributed by atoms with E-state index in [1.54, 1.807) is 18.0 Å². The molecule has 0 spiro atoms. The van der Waals surface area contributed by atoms with Crippen molar-refractivity contribution in [3.63, 3.8) is 0 Å². The Labute approximate surface area is 170 Å². The highest BCUT2D eigenvalue weighted by molar-refractivity contribution is 6.02. The number of benzene rings is 1. The lowest BCUT2D eigenvalue weighted by Crippen LogP contribution is -2.42. The Morgan fingerprint density at radius 3 is 2.52 bits per heavy atom. The topological polar surface area (TPSA) is 96.5 Å². The molecule has 1 aromatic carbocycles. The van der Waals surface area contributed by atoms with Crippen LogP contribution in [-0.4, -0.2) is 52.6 Å². The van der Waals surface area contributed by atoms with Crippen molar-refractivity contribution in [3.8, 4) is 0 Å². The van der Waals surface area contributed by atoms with Crippen LogP contribution >= 0.6 is 0 Å². The third-order valence-electron chi connectivity index (χ3n) is 5.02. The maximum atomic E-state index is 12.4. The molecule has 3 rings (SSSR count). The van der Waals surface area contributed by atoms with E-state index >= 15 is 0 Å². The van der Waals surface area contributed by atoms with E-state index in [0.717, 1.165) is 24.1 Å². The first-order valence-corrected chi connectivity index (χ1v) is 9.85. The Bertz CT molecular complexity index is 861. The van der Waals surface area contributed by atoms with Gasteiger partial charge in [0.25, 0.3) is 5.91 Å². The van der Waals surface area contributed by atoms with Gasteiger partial charge in [0.1, 0.15) is 11.5 Å². The molecule has 1 fully saturated rings. The van der Waals surface area contributed by atoms with Crippen LogP contribution in [0.3, 0.4) is 0 Å². The number of hydrogen-bond donors (Lipinski definition) is 2. The SMILES string of the molecule is CCOC(=O)N1CCC(Nc2cnc(C(=O)Nc3ccc(C)c(C)c3)cn2)CC1. The number of hydrogen-bond acceptors (Lipinski definition) is 6. The minimum Gasteiger partial charge on any atom is -0.450 e. The number of nitrogens with zero attached hydrogens (tertiary/aromatic N) is 3. The molecule has 1 saturated heterocycles. The molecule has 8 heteroatoms. The monoisotopic (exact) mass is 397 g/mol. The number of aromatic nitrogens is 2. The number of carbonyl (C=O) groups excluding carboxylic acids is 2. The van der Waals surface area contributed by atoms with Crippen molar-refractivity contribution in [2.75, 3.05) is 30.3 Å². The number of amides is 2. The summed E-state index contributed by atoms with van der Waals surface area (Å²) >= 11 is 0. The Morgan fingerprint density at radius 2 is 1.90 bits per heavy atom. The van der Waals surface area contributed by atoms with E-state index in [4.69, 9.17) is 4.74 Å². The molecule has 0 radical (unpaired) electrons. The van der Waals surface area contributed by atoms with Gasteiger partial charge >= 0.3 is 6.09 Å². The van der Waals surface area contributed by atoms with Gasteiger partial charge in [-0.1, -0.05) is 6.07 Å². The quantitative estimate of drug-likeness (QED) is 0.803. The van der Waals surface area contributed by atoms with Crippen LogP contribution in [0.4, 0.5) is 16.3 Å². The molecule has 154 valence electrons.